The van der Waals surface area contributed by atoms with Gasteiger partial charge < -0.3 is 0 Å². The number of rotatable bonds is 3. The summed E-state index contributed by atoms with van der Waals surface area (Å²) in [7, 11) is 1.79. The lowest BCUT2D eigenvalue weighted by atomic mass is 10.1. The number of hydrogen-bond donors (Lipinski definition) is 0. The van der Waals surface area contributed by atoms with E-state index in [0.29, 0.717) is 11.0 Å². The Balaban J connectivity index is 2.00. The summed E-state index contributed by atoms with van der Waals surface area (Å²) in [5, 5.41) is 8.33. The Morgan fingerprint density at radius 1 is 1.47 bits per heavy atom. The highest BCUT2D eigenvalue weighted by atomic mass is 32.1. The fourth-order valence-electron chi connectivity index (χ4n) is 2.18. The van der Waals surface area contributed by atoms with E-state index >= 15 is 0 Å². The van der Waals surface area contributed by atoms with Gasteiger partial charge in [0.1, 0.15) is 5.52 Å². The van der Waals surface area contributed by atoms with Crippen LogP contribution in [-0.2, 0) is 13.5 Å². The lowest BCUT2D eigenvalue weighted by Gasteiger charge is -2.13. The van der Waals surface area contributed by atoms with E-state index in [-0.39, 0.29) is 11.6 Å². The van der Waals surface area contributed by atoms with Crippen molar-refractivity contribution in [1.82, 2.24) is 19.3 Å². The summed E-state index contributed by atoms with van der Waals surface area (Å²) < 4.78 is 3.28. The first-order valence-corrected chi connectivity index (χ1v) is 7.01. The molecule has 3 aromatic rings. The molecule has 6 heteroatoms. The average molecular weight is 274 g/mol. The maximum Gasteiger partial charge on any atom is 0.281 e. The fraction of sp³-hybridized carbons (Fsp3) is 0.308. The van der Waals surface area contributed by atoms with E-state index in [2.05, 4.69) is 21.5 Å². The van der Waals surface area contributed by atoms with Crippen LogP contribution in [-0.4, -0.2) is 19.3 Å². The van der Waals surface area contributed by atoms with Gasteiger partial charge in [-0.3, -0.25) is 14.0 Å². The minimum atomic E-state index is -0.0756. The predicted molar refractivity (Wildman–Crippen MR) is 75.5 cm³/mol. The van der Waals surface area contributed by atoms with Crippen LogP contribution < -0.4 is 5.56 Å². The first-order valence-electron chi connectivity index (χ1n) is 6.06. The number of nitrogens with zero attached hydrogens (tertiary/aromatic N) is 4. The topological polar surface area (TPSA) is 52.7 Å². The summed E-state index contributed by atoms with van der Waals surface area (Å²) in [6.45, 7) is 2.02. The van der Waals surface area contributed by atoms with E-state index in [1.54, 1.807) is 40.2 Å². The van der Waals surface area contributed by atoms with Crippen molar-refractivity contribution in [3.63, 3.8) is 0 Å². The van der Waals surface area contributed by atoms with Gasteiger partial charge in [0.15, 0.2) is 5.52 Å². The average Bonchev–Trinajstić information content (AvgIpc) is 2.98. The molecule has 5 nitrogen and oxygen atoms in total. The third kappa shape index (κ3) is 2.19. The largest absolute Gasteiger partial charge is 0.294 e. The van der Waals surface area contributed by atoms with Gasteiger partial charge >= 0.3 is 0 Å². The fourth-order valence-corrected chi connectivity index (χ4v) is 2.87. The molecule has 3 rings (SSSR count). The van der Waals surface area contributed by atoms with Gasteiger partial charge in [-0.05, 0) is 35.7 Å². The Bertz CT molecular complexity index is 757. The summed E-state index contributed by atoms with van der Waals surface area (Å²) in [6, 6.07) is 2.15. The van der Waals surface area contributed by atoms with Crippen molar-refractivity contribution in [3.8, 4) is 0 Å². The third-order valence-electron chi connectivity index (χ3n) is 3.15. The van der Waals surface area contributed by atoms with Crippen LogP contribution in [0.15, 0.2) is 34.1 Å². The Kier molecular flexibility index (Phi) is 2.94. The monoisotopic (exact) mass is 274 g/mol. The summed E-state index contributed by atoms with van der Waals surface area (Å²) in [4.78, 5) is 16.7. The second kappa shape index (κ2) is 4.62. The van der Waals surface area contributed by atoms with Crippen LogP contribution in [0.1, 0.15) is 18.5 Å². The van der Waals surface area contributed by atoms with Crippen LogP contribution in [0, 0.1) is 0 Å². The standard InChI is InChI=1S/C13H14N4OS/c1-9(5-10-3-4-19-7-10)17-8-14-11-6-16(2)15-12(11)13(17)18/h3-4,6-9H,5H2,1-2H3/t9-/m0/s1. The Morgan fingerprint density at radius 3 is 3.05 bits per heavy atom. The SMILES string of the molecule is C[C@@H](Cc1ccsc1)n1cnc2cn(C)nc2c1=O. The van der Waals surface area contributed by atoms with Crippen molar-refractivity contribution in [1.29, 1.82) is 0 Å². The predicted octanol–water partition coefficient (Wildman–Crippen LogP) is 2.00. The molecule has 0 radical (unpaired) electrons. The minimum Gasteiger partial charge on any atom is -0.294 e. The molecule has 0 aromatic carbocycles. The van der Waals surface area contributed by atoms with Gasteiger partial charge in [-0.2, -0.15) is 16.4 Å². The zero-order chi connectivity index (χ0) is 13.4. The van der Waals surface area contributed by atoms with Crippen molar-refractivity contribution in [2.24, 2.45) is 7.05 Å². The number of aromatic nitrogens is 4. The molecule has 0 aliphatic rings. The zero-order valence-electron chi connectivity index (χ0n) is 10.8. The van der Waals surface area contributed by atoms with E-state index in [1.165, 1.54) is 5.56 Å². The van der Waals surface area contributed by atoms with Gasteiger partial charge in [0.05, 0.1) is 12.5 Å². The van der Waals surface area contributed by atoms with Crippen molar-refractivity contribution < 1.29 is 0 Å². The van der Waals surface area contributed by atoms with Gasteiger partial charge in [-0.25, -0.2) is 4.98 Å². The molecule has 0 bridgehead atoms. The van der Waals surface area contributed by atoms with E-state index in [0.717, 1.165) is 6.42 Å². The number of fused-ring (bicyclic) bond motifs is 1. The molecule has 3 aromatic heterocycles. The van der Waals surface area contributed by atoms with Gasteiger partial charge in [0, 0.05) is 13.1 Å². The maximum atomic E-state index is 12.4. The van der Waals surface area contributed by atoms with Crippen LogP contribution >= 0.6 is 11.3 Å². The Hall–Kier alpha value is -1.95. The second-order valence-corrected chi connectivity index (χ2v) is 5.46. The van der Waals surface area contributed by atoms with E-state index < -0.39 is 0 Å². The Labute approximate surface area is 114 Å². The molecular weight excluding hydrogens is 260 g/mol. The molecule has 0 aliphatic carbocycles. The van der Waals surface area contributed by atoms with Crippen molar-refractivity contribution >= 4 is 22.4 Å². The lowest BCUT2D eigenvalue weighted by molar-refractivity contribution is 0.523. The molecule has 0 saturated carbocycles. The van der Waals surface area contributed by atoms with Crippen LogP contribution in [0.5, 0.6) is 0 Å². The molecule has 0 N–H and O–H groups in total. The molecule has 0 saturated heterocycles. The molecule has 0 aliphatic heterocycles. The molecule has 0 unspecified atom stereocenters. The molecule has 1 atom stereocenters. The normalized spacial score (nSPS) is 12.9. The van der Waals surface area contributed by atoms with Crippen molar-refractivity contribution in [2.75, 3.05) is 0 Å². The zero-order valence-corrected chi connectivity index (χ0v) is 11.6. The highest BCUT2D eigenvalue weighted by Crippen LogP contribution is 2.15. The smallest absolute Gasteiger partial charge is 0.281 e. The number of aryl methyl sites for hydroxylation is 1. The van der Waals surface area contributed by atoms with E-state index in [9.17, 15) is 4.79 Å². The van der Waals surface area contributed by atoms with Crippen LogP contribution in [0.25, 0.3) is 11.0 Å². The Morgan fingerprint density at radius 2 is 2.32 bits per heavy atom. The first-order chi connectivity index (χ1) is 9.15. The van der Waals surface area contributed by atoms with Crippen LogP contribution in [0.4, 0.5) is 0 Å². The van der Waals surface area contributed by atoms with E-state index in [4.69, 9.17) is 0 Å². The molecule has 19 heavy (non-hydrogen) atoms. The van der Waals surface area contributed by atoms with Gasteiger partial charge in [-0.1, -0.05) is 0 Å². The summed E-state index contributed by atoms with van der Waals surface area (Å²) in [5.41, 5.74) is 2.24. The van der Waals surface area contributed by atoms with E-state index in [1.807, 2.05) is 12.3 Å². The molecule has 98 valence electrons. The maximum absolute atomic E-state index is 12.4. The summed E-state index contributed by atoms with van der Waals surface area (Å²) in [5.74, 6) is 0. The third-order valence-corrected chi connectivity index (χ3v) is 3.89. The number of hydrogen-bond acceptors (Lipinski definition) is 4. The molecule has 3 heterocycles. The highest BCUT2D eigenvalue weighted by Gasteiger charge is 2.13. The van der Waals surface area contributed by atoms with Gasteiger partial charge in [0.2, 0.25) is 0 Å². The van der Waals surface area contributed by atoms with Gasteiger partial charge in [0.25, 0.3) is 5.56 Å². The molecular formula is C13H14N4OS. The summed E-state index contributed by atoms with van der Waals surface area (Å²) in [6.07, 6.45) is 4.19. The quantitative estimate of drug-likeness (QED) is 0.734. The molecule has 0 spiro atoms. The van der Waals surface area contributed by atoms with Crippen molar-refractivity contribution in [3.05, 3.63) is 45.3 Å². The van der Waals surface area contributed by atoms with Crippen LogP contribution in [0.3, 0.4) is 0 Å². The van der Waals surface area contributed by atoms with Crippen molar-refractivity contribution in [2.45, 2.75) is 19.4 Å². The molecule has 0 fully saturated rings. The number of thiophene rings is 1. The van der Waals surface area contributed by atoms with Gasteiger partial charge in [-0.15, -0.1) is 0 Å². The molecule has 0 amide bonds. The highest BCUT2D eigenvalue weighted by molar-refractivity contribution is 7.07. The second-order valence-electron chi connectivity index (χ2n) is 4.68. The van der Waals surface area contributed by atoms with Crippen LogP contribution in [0.2, 0.25) is 0 Å². The lowest BCUT2D eigenvalue weighted by Crippen LogP contribution is -2.25. The first kappa shape index (κ1) is 12.1. The summed E-state index contributed by atoms with van der Waals surface area (Å²) >= 11 is 1.67. The minimum absolute atomic E-state index is 0.0704.